The zero-order valence-electron chi connectivity index (χ0n) is 5.07. The van der Waals surface area contributed by atoms with Gasteiger partial charge in [0.2, 0.25) is 0 Å². The third kappa shape index (κ3) is 1.93. The van der Waals surface area contributed by atoms with Crippen molar-refractivity contribution in [2.45, 2.75) is 6.92 Å². The standard InChI is InChI=1S/C6H8O2S/c1-2-9-6-5-7-3-4-8-6/h2-5,9H,1H3. The van der Waals surface area contributed by atoms with Crippen molar-refractivity contribution < 1.29 is 9.47 Å². The predicted octanol–water partition coefficient (Wildman–Crippen LogP) is 1.59. The molecule has 1 heterocycles. The SMILES string of the molecule is CC=[SH]C1=COC=CO1. The largest absolute Gasteiger partial charge is 0.465 e. The van der Waals surface area contributed by atoms with Crippen LogP contribution in [0.15, 0.2) is 23.9 Å². The van der Waals surface area contributed by atoms with E-state index in [2.05, 4.69) is 0 Å². The van der Waals surface area contributed by atoms with Gasteiger partial charge in [0.05, 0.1) is 0 Å². The first kappa shape index (κ1) is 6.42. The maximum absolute atomic E-state index is 5.03. The second-order valence-electron chi connectivity index (χ2n) is 1.37. The van der Waals surface area contributed by atoms with Gasteiger partial charge in [0, 0.05) is 0 Å². The topological polar surface area (TPSA) is 18.5 Å². The fraction of sp³-hybridized carbons (Fsp3) is 0.167. The minimum Gasteiger partial charge on any atom is -0.465 e. The van der Waals surface area contributed by atoms with Gasteiger partial charge in [-0.3, -0.25) is 0 Å². The van der Waals surface area contributed by atoms with E-state index in [1.54, 1.807) is 6.26 Å². The van der Waals surface area contributed by atoms with E-state index in [0.717, 1.165) is 16.4 Å². The van der Waals surface area contributed by atoms with Gasteiger partial charge < -0.3 is 9.47 Å². The fourth-order valence-electron chi connectivity index (χ4n) is 0.443. The van der Waals surface area contributed by atoms with Crippen LogP contribution >= 0.6 is 11.4 Å². The second-order valence-corrected chi connectivity index (χ2v) is 2.58. The van der Waals surface area contributed by atoms with E-state index < -0.39 is 0 Å². The summed E-state index contributed by atoms with van der Waals surface area (Å²) in [5.41, 5.74) is 0. The van der Waals surface area contributed by atoms with E-state index in [0.29, 0.717) is 0 Å². The summed E-state index contributed by atoms with van der Waals surface area (Å²) < 4.78 is 9.87. The Labute approximate surface area is 57.7 Å². The highest BCUT2D eigenvalue weighted by molar-refractivity contribution is 8.01. The first-order valence-corrected chi connectivity index (χ1v) is 3.56. The molecule has 0 saturated carbocycles. The molecule has 0 atom stereocenters. The van der Waals surface area contributed by atoms with E-state index in [4.69, 9.17) is 9.47 Å². The third-order valence-corrected chi connectivity index (χ3v) is 1.47. The van der Waals surface area contributed by atoms with Crippen molar-refractivity contribution in [3.63, 3.8) is 0 Å². The molecule has 0 aromatic heterocycles. The molecule has 50 valence electrons. The van der Waals surface area contributed by atoms with E-state index in [1.807, 2.05) is 12.3 Å². The van der Waals surface area contributed by atoms with Gasteiger partial charge >= 0.3 is 0 Å². The van der Waals surface area contributed by atoms with Gasteiger partial charge in [0.15, 0.2) is 5.09 Å². The minimum atomic E-state index is 0.819. The summed E-state index contributed by atoms with van der Waals surface area (Å²) in [7, 11) is 0. The Morgan fingerprint density at radius 2 is 2.44 bits per heavy atom. The number of hydrogen-bond donors (Lipinski definition) is 1. The lowest BCUT2D eigenvalue weighted by atomic mass is 10.9. The second kappa shape index (κ2) is 3.35. The third-order valence-electron chi connectivity index (χ3n) is 0.748. The highest BCUT2D eigenvalue weighted by atomic mass is 32.1. The molecule has 0 fully saturated rings. The Morgan fingerprint density at radius 1 is 1.56 bits per heavy atom. The monoisotopic (exact) mass is 144 g/mol. The summed E-state index contributed by atoms with van der Waals surface area (Å²) in [6.07, 6.45) is 4.60. The van der Waals surface area contributed by atoms with Crippen LogP contribution in [0.4, 0.5) is 0 Å². The quantitative estimate of drug-likeness (QED) is 0.445. The molecule has 0 radical (unpaired) electrons. The van der Waals surface area contributed by atoms with Gasteiger partial charge in [0.25, 0.3) is 0 Å². The number of ether oxygens (including phenoxy) is 2. The normalized spacial score (nSPS) is 17.7. The summed E-state index contributed by atoms with van der Waals surface area (Å²) in [6, 6.07) is 0. The Balaban J connectivity index is 2.50. The molecule has 0 aromatic rings. The first-order valence-electron chi connectivity index (χ1n) is 2.59. The van der Waals surface area contributed by atoms with Crippen LogP contribution in [0.1, 0.15) is 6.92 Å². The molecular weight excluding hydrogens is 136 g/mol. The summed E-state index contributed by atoms with van der Waals surface area (Å²) >= 11 is 1.05. The molecule has 0 aliphatic carbocycles. The number of thiol groups is 1. The van der Waals surface area contributed by atoms with Crippen molar-refractivity contribution in [3.8, 4) is 0 Å². The number of rotatable bonds is 1. The molecule has 0 saturated heterocycles. The van der Waals surface area contributed by atoms with E-state index in [9.17, 15) is 0 Å². The van der Waals surface area contributed by atoms with E-state index in [-0.39, 0.29) is 0 Å². The Hall–Kier alpha value is -0.700. The van der Waals surface area contributed by atoms with Gasteiger partial charge in [-0.1, -0.05) is 5.37 Å². The van der Waals surface area contributed by atoms with Crippen molar-refractivity contribution in [2.24, 2.45) is 0 Å². The fourth-order valence-corrected chi connectivity index (χ4v) is 0.941. The molecule has 3 heteroatoms. The molecule has 0 amide bonds. The average Bonchev–Trinajstić information content (AvgIpc) is 1.91. The molecule has 0 spiro atoms. The minimum absolute atomic E-state index is 0.819. The average molecular weight is 144 g/mol. The predicted molar refractivity (Wildman–Crippen MR) is 40.1 cm³/mol. The van der Waals surface area contributed by atoms with Crippen molar-refractivity contribution in [1.82, 2.24) is 0 Å². The van der Waals surface area contributed by atoms with Gasteiger partial charge in [-0.05, 0) is 6.92 Å². The lowest BCUT2D eigenvalue weighted by Crippen LogP contribution is -1.84. The van der Waals surface area contributed by atoms with Crippen LogP contribution in [0.25, 0.3) is 0 Å². The van der Waals surface area contributed by atoms with Crippen LogP contribution in [-0.2, 0) is 9.47 Å². The van der Waals surface area contributed by atoms with E-state index in [1.165, 1.54) is 12.5 Å². The summed E-state index contributed by atoms with van der Waals surface area (Å²) in [5, 5.41) is 2.80. The maximum Gasteiger partial charge on any atom is 0.186 e. The Bertz CT molecular complexity index is 170. The molecule has 1 rings (SSSR count). The smallest absolute Gasteiger partial charge is 0.186 e. The van der Waals surface area contributed by atoms with Gasteiger partial charge in [-0.25, -0.2) is 0 Å². The molecule has 9 heavy (non-hydrogen) atoms. The van der Waals surface area contributed by atoms with Crippen LogP contribution < -0.4 is 0 Å². The summed E-state index contributed by atoms with van der Waals surface area (Å²) in [6.45, 7) is 1.96. The van der Waals surface area contributed by atoms with Crippen LogP contribution in [0, 0.1) is 0 Å². The first-order chi connectivity index (χ1) is 4.43. The lowest BCUT2D eigenvalue weighted by molar-refractivity contribution is 0.282. The molecule has 1 aliphatic rings. The molecule has 0 N–H and O–H groups in total. The maximum atomic E-state index is 5.03. The molecular formula is C6H8O2S. The van der Waals surface area contributed by atoms with Crippen LogP contribution in [0.5, 0.6) is 0 Å². The van der Waals surface area contributed by atoms with Crippen molar-refractivity contribution in [2.75, 3.05) is 0 Å². The highest BCUT2D eigenvalue weighted by Gasteiger charge is 1.92. The zero-order chi connectivity index (χ0) is 6.53. The van der Waals surface area contributed by atoms with Gasteiger partial charge in [-0.15, -0.1) is 11.4 Å². The van der Waals surface area contributed by atoms with Crippen molar-refractivity contribution >= 4 is 16.7 Å². The summed E-state index contributed by atoms with van der Waals surface area (Å²) in [4.78, 5) is 0. The van der Waals surface area contributed by atoms with Gasteiger partial charge in [0.1, 0.15) is 18.8 Å². The van der Waals surface area contributed by atoms with Crippen LogP contribution in [0.2, 0.25) is 0 Å². The van der Waals surface area contributed by atoms with Gasteiger partial charge in [-0.2, -0.15) is 0 Å². The molecule has 0 unspecified atom stereocenters. The Morgan fingerprint density at radius 3 is 3.00 bits per heavy atom. The molecule has 0 bridgehead atoms. The van der Waals surface area contributed by atoms with Crippen LogP contribution in [-0.4, -0.2) is 5.37 Å². The lowest BCUT2D eigenvalue weighted by Gasteiger charge is -2.03. The highest BCUT2D eigenvalue weighted by Crippen LogP contribution is 2.11. The molecule has 1 aliphatic heterocycles. The Kier molecular flexibility index (Phi) is 2.39. The van der Waals surface area contributed by atoms with E-state index >= 15 is 0 Å². The zero-order valence-corrected chi connectivity index (χ0v) is 5.97. The van der Waals surface area contributed by atoms with Crippen LogP contribution in [0.3, 0.4) is 0 Å². The molecule has 0 aromatic carbocycles. The van der Waals surface area contributed by atoms with Crippen molar-refractivity contribution in [3.05, 3.63) is 23.9 Å². The molecule has 2 nitrogen and oxygen atoms in total. The number of hydrogen-bond acceptors (Lipinski definition) is 2. The van der Waals surface area contributed by atoms with Crippen molar-refractivity contribution in [1.29, 1.82) is 0 Å². The summed E-state index contributed by atoms with van der Waals surface area (Å²) in [5.74, 6) is 0.